The van der Waals surface area contributed by atoms with Crippen LogP contribution in [0.5, 0.6) is 0 Å². The van der Waals surface area contributed by atoms with Crippen LogP contribution >= 0.6 is 23.4 Å². The van der Waals surface area contributed by atoms with Gasteiger partial charge in [0.2, 0.25) is 0 Å². The fraction of sp³-hybridized carbons (Fsp3) is 0.600. The molecule has 0 fully saturated rings. The summed E-state index contributed by atoms with van der Waals surface area (Å²) in [7, 11) is 0. The zero-order valence-electron chi connectivity index (χ0n) is 11.9. The molecule has 0 radical (unpaired) electrons. The highest BCUT2D eigenvalue weighted by Gasteiger charge is 2.15. The SMILES string of the molecule is CCCNC(CSCC(C)C)c1cc(F)ccc1Cl. The van der Waals surface area contributed by atoms with Gasteiger partial charge in [0, 0.05) is 16.8 Å². The Bertz CT molecular complexity index is 384. The molecule has 0 bridgehead atoms. The van der Waals surface area contributed by atoms with E-state index >= 15 is 0 Å². The van der Waals surface area contributed by atoms with Gasteiger partial charge in [-0.2, -0.15) is 11.8 Å². The van der Waals surface area contributed by atoms with Gasteiger partial charge < -0.3 is 5.32 Å². The van der Waals surface area contributed by atoms with Crippen LogP contribution in [-0.4, -0.2) is 18.1 Å². The third-order valence-corrected chi connectivity index (χ3v) is 4.53. The molecule has 1 nitrogen and oxygen atoms in total. The van der Waals surface area contributed by atoms with E-state index in [-0.39, 0.29) is 11.9 Å². The molecule has 0 aliphatic carbocycles. The summed E-state index contributed by atoms with van der Waals surface area (Å²) in [5.41, 5.74) is 0.867. The van der Waals surface area contributed by atoms with Crippen LogP contribution in [0, 0.1) is 11.7 Å². The number of hydrogen-bond donors (Lipinski definition) is 1. The Morgan fingerprint density at radius 2 is 2.05 bits per heavy atom. The van der Waals surface area contributed by atoms with Crippen molar-refractivity contribution in [3.8, 4) is 0 Å². The Hall–Kier alpha value is -0.250. The summed E-state index contributed by atoms with van der Waals surface area (Å²) < 4.78 is 13.4. The van der Waals surface area contributed by atoms with Gasteiger partial charge in [-0.05, 0) is 48.4 Å². The molecule has 1 aromatic rings. The number of benzene rings is 1. The van der Waals surface area contributed by atoms with Crippen LogP contribution in [0.1, 0.15) is 38.8 Å². The molecule has 1 unspecified atom stereocenters. The lowest BCUT2D eigenvalue weighted by atomic mass is 10.1. The van der Waals surface area contributed by atoms with Crippen molar-refractivity contribution in [2.45, 2.75) is 33.2 Å². The number of nitrogens with one attached hydrogen (secondary N) is 1. The van der Waals surface area contributed by atoms with Gasteiger partial charge in [-0.3, -0.25) is 0 Å². The van der Waals surface area contributed by atoms with E-state index in [1.165, 1.54) is 6.07 Å². The van der Waals surface area contributed by atoms with E-state index in [2.05, 4.69) is 26.1 Å². The third-order valence-electron chi connectivity index (χ3n) is 2.71. The summed E-state index contributed by atoms with van der Waals surface area (Å²) in [5.74, 6) is 2.47. The lowest BCUT2D eigenvalue weighted by Crippen LogP contribution is -2.25. The molecule has 0 saturated heterocycles. The smallest absolute Gasteiger partial charge is 0.123 e. The molecule has 1 atom stereocenters. The molecule has 1 rings (SSSR count). The van der Waals surface area contributed by atoms with Crippen molar-refractivity contribution in [2.24, 2.45) is 5.92 Å². The average Bonchev–Trinajstić information content (AvgIpc) is 2.36. The predicted molar refractivity (Wildman–Crippen MR) is 84.6 cm³/mol. The Labute approximate surface area is 125 Å². The van der Waals surface area contributed by atoms with E-state index in [9.17, 15) is 4.39 Å². The van der Waals surface area contributed by atoms with Gasteiger partial charge in [-0.1, -0.05) is 32.4 Å². The first-order valence-corrected chi connectivity index (χ1v) is 8.34. The molecule has 0 saturated carbocycles. The van der Waals surface area contributed by atoms with Crippen molar-refractivity contribution in [1.82, 2.24) is 5.32 Å². The molecule has 1 N–H and O–H groups in total. The van der Waals surface area contributed by atoms with Gasteiger partial charge in [0.15, 0.2) is 0 Å². The zero-order valence-corrected chi connectivity index (χ0v) is 13.5. The summed E-state index contributed by atoms with van der Waals surface area (Å²) in [6.45, 7) is 7.45. The molecule has 1 aromatic carbocycles. The topological polar surface area (TPSA) is 12.0 Å². The number of halogens is 2. The van der Waals surface area contributed by atoms with E-state index in [4.69, 9.17) is 11.6 Å². The van der Waals surface area contributed by atoms with Gasteiger partial charge in [0.25, 0.3) is 0 Å². The Kier molecular flexibility index (Phi) is 7.81. The van der Waals surface area contributed by atoms with E-state index < -0.39 is 0 Å². The summed E-state index contributed by atoms with van der Waals surface area (Å²) in [5, 5.41) is 4.09. The highest BCUT2D eigenvalue weighted by atomic mass is 35.5. The number of hydrogen-bond acceptors (Lipinski definition) is 2. The molecular weight excluding hydrogens is 281 g/mol. The van der Waals surface area contributed by atoms with E-state index in [1.54, 1.807) is 12.1 Å². The lowest BCUT2D eigenvalue weighted by Gasteiger charge is -2.20. The molecular formula is C15H23ClFNS. The lowest BCUT2D eigenvalue weighted by molar-refractivity contribution is 0.567. The van der Waals surface area contributed by atoms with Crippen LogP contribution in [0.4, 0.5) is 4.39 Å². The van der Waals surface area contributed by atoms with Crippen molar-refractivity contribution in [3.63, 3.8) is 0 Å². The summed E-state index contributed by atoms with van der Waals surface area (Å²) in [4.78, 5) is 0. The van der Waals surface area contributed by atoms with Crippen LogP contribution < -0.4 is 5.32 Å². The average molecular weight is 304 g/mol. The second kappa shape index (κ2) is 8.83. The van der Waals surface area contributed by atoms with Crippen LogP contribution in [0.2, 0.25) is 5.02 Å². The largest absolute Gasteiger partial charge is 0.309 e. The monoisotopic (exact) mass is 303 g/mol. The maximum Gasteiger partial charge on any atom is 0.123 e. The Morgan fingerprint density at radius 1 is 1.32 bits per heavy atom. The second-order valence-electron chi connectivity index (χ2n) is 5.10. The number of thioether (sulfide) groups is 1. The molecule has 0 aliphatic heterocycles. The number of rotatable bonds is 8. The van der Waals surface area contributed by atoms with Crippen molar-refractivity contribution in [1.29, 1.82) is 0 Å². The van der Waals surface area contributed by atoms with Gasteiger partial charge in [-0.15, -0.1) is 0 Å². The standard InChI is InChI=1S/C15H23ClFNS/c1-4-7-18-15(10-19-9-11(2)3)13-8-12(17)5-6-14(13)16/h5-6,8,11,15,18H,4,7,9-10H2,1-3H3. The molecule has 0 aliphatic rings. The van der Waals surface area contributed by atoms with Crippen LogP contribution in [0.25, 0.3) is 0 Å². The van der Waals surface area contributed by atoms with E-state index in [0.29, 0.717) is 10.9 Å². The van der Waals surface area contributed by atoms with Crippen molar-refractivity contribution >= 4 is 23.4 Å². The fourth-order valence-corrected chi connectivity index (χ4v) is 3.17. The molecule has 0 spiro atoms. The fourth-order valence-electron chi connectivity index (χ4n) is 1.78. The second-order valence-corrected chi connectivity index (χ2v) is 6.59. The minimum absolute atomic E-state index is 0.117. The molecule has 19 heavy (non-hydrogen) atoms. The Balaban J connectivity index is 2.73. The minimum Gasteiger partial charge on any atom is -0.309 e. The first kappa shape index (κ1) is 16.8. The van der Waals surface area contributed by atoms with Gasteiger partial charge in [0.1, 0.15) is 5.82 Å². The zero-order chi connectivity index (χ0) is 14.3. The predicted octanol–water partition coefficient (Wildman–Crippen LogP) is 4.91. The van der Waals surface area contributed by atoms with Gasteiger partial charge in [0.05, 0.1) is 0 Å². The summed E-state index contributed by atoms with van der Waals surface area (Å²) in [6.07, 6.45) is 1.05. The van der Waals surface area contributed by atoms with Crippen LogP contribution in [0.15, 0.2) is 18.2 Å². The van der Waals surface area contributed by atoms with E-state index in [1.807, 2.05) is 11.8 Å². The maximum atomic E-state index is 13.4. The first-order chi connectivity index (χ1) is 9.04. The molecule has 0 amide bonds. The third kappa shape index (κ3) is 6.15. The van der Waals surface area contributed by atoms with Gasteiger partial charge in [-0.25, -0.2) is 4.39 Å². The summed E-state index contributed by atoms with van der Waals surface area (Å²) >= 11 is 8.08. The minimum atomic E-state index is -0.225. The van der Waals surface area contributed by atoms with Crippen LogP contribution in [0.3, 0.4) is 0 Å². The Morgan fingerprint density at radius 3 is 2.68 bits per heavy atom. The molecule has 0 aromatic heterocycles. The molecule has 0 heterocycles. The first-order valence-electron chi connectivity index (χ1n) is 6.80. The van der Waals surface area contributed by atoms with Crippen LogP contribution in [-0.2, 0) is 0 Å². The maximum absolute atomic E-state index is 13.4. The van der Waals surface area contributed by atoms with E-state index in [0.717, 1.165) is 30.0 Å². The van der Waals surface area contributed by atoms with Crippen molar-refractivity contribution in [2.75, 3.05) is 18.1 Å². The normalized spacial score (nSPS) is 12.9. The molecule has 4 heteroatoms. The highest BCUT2D eigenvalue weighted by Crippen LogP contribution is 2.27. The summed E-state index contributed by atoms with van der Waals surface area (Å²) in [6, 6.07) is 4.71. The quantitative estimate of drug-likeness (QED) is 0.732. The van der Waals surface area contributed by atoms with Gasteiger partial charge >= 0.3 is 0 Å². The van der Waals surface area contributed by atoms with Crippen molar-refractivity contribution < 1.29 is 4.39 Å². The molecule has 108 valence electrons. The highest BCUT2D eigenvalue weighted by molar-refractivity contribution is 7.99. The van der Waals surface area contributed by atoms with Crippen molar-refractivity contribution in [3.05, 3.63) is 34.6 Å².